The van der Waals surface area contributed by atoms with E-state index in [4.69, 9.17) is 0 Å². The molecule has 0 saturated heterocycles. The lowest BCUT2D eigenvalue weighted by molar-refractivity contribution is 0.0773. The first-order valence-corrected chi connectivity index (χ1v) is 7.20. The first-order chi connectivity index (χ1) is 9.13. The van der Waals surface area contributed by atoms with E-state index in [1.54, 1.807) is 0 Å². The molecular weight excluding hydrogens is 236 g/mol. The molecule has 1 heterocycles. The van der Waals surface area contributed by atoms with Crippen molar-refractivity contribution in [1.82, 2.24) is 10.2 Å². The number of nitrogens with zero attached hydrogens (tertiary/aromatic N) is 1. The van der Waals surface area contributed by atoms with Crippen molar-refractivity contribution < 1.29 is 4.79 Å². The van der Waals surface area contributed by atoms with Gasteiger partial charge in [0.1, 0.15) is 0 Å². The minimum Gasteiger partial charge on any atom is -0.341 e. The smallest absolute Gasteiger partial charge is 0.253 e. The maximum atomic E-state index is 12.6. The minimum absolute atomic E-state index is 0.166. The van der Waals surface area contributed by atoms with Gasteiger partial charge in [-0.3, -0.25) is 4.79 Å². The van der Waals surface area contributed by atoms with Crippen molar-refractivity contribution in [3.8, 4) is 0 Å². The molecule has 0 aromatic heterocycles. The fourth-order valence-electron chi connectivity index (χ4n) is 2.62. The summed E-state index contributed by atoms with van der Waals surface area (Å²) >= 11 is 0. The Hall–Kier alpha value is -1.35. The number of hydrogen-bond acceptors (Lipinski definition) is 2. The van der Waals surface area contributed by atoms with Crippen molar-refractivity contribution in [1.29, 1.82) is 0 Å². The average Bonchev–Trinajstić information content (AvgIpc) is 2.45. The molecule has 3 heteroatoms. The number of carbonyl (C=O) groups excluding carboxylic acids is 1. The van der Waals surface area contributed by atoms with Gasteiger partial charge in [0.15, 0.2) is 0 Å². The van der Waals surface area contributed by atoms with Crippen LogP contribution in [0.4, 0.5) is 0 Å². The number of rotatable bonds is 4. The zero-order valence-electron chi connectivity index (χ0n) is 12.2. The third-order valence-corrected chi connectivity index (χ3v) is 4.00. The highest BCUT2D eigenvalue weighted by molar-refractivity contribution is 5.96. The molecule has 19 heavy (non-hydrogen) atoms. The van der Waals surface area contributed by atoms with Crippen LogP contribution in [0, 0.1) is 5.92 Å². The molecule has 1 amide bonds. The van der Waals surface area contributed by atoms with E-state index < -0.39 is 0 Å². The van der Waals surface area contributed by atoms with Crippen LogP contribution in [0.3, 0.4) is 0 Å². The molecule has 0 fully saturated rings. The second-order valence-electron chi connectivity index (χ2n) is 5.57. The highest BCUT2D eigenvalue weighted by Gasteiger charge is 2.20. The first-order valence-electron chi connectivity index (χ1n) is 7.20. The van der Waals surface area contributed by atoms with Crippen LogP contribution in [0.25, 0.3) is 0 Å². The van der Waals surface area contributed by atoms with Gasteiger partial charge in [-0.05, 0) is 36.1 Å². The summed E-state index contributed by atoms with van der Waals surface area (Å²) in [6.45, 7) is 7.03. The van der Waals surface area contributed by atoms with Crippen LogP contribution < -0.4 is 5.32 Å². The highest BCUT2D eigenvalue weighted by atomic mass is 16.2. The number of nitrogens with one attached hydrogen (secondary N) is 1. The molecule has 1 atom stereocenters. The Morgan fingerprint density at radius 2 is 2.26 bits per heavy atom. The quantitative estimate of drug-likeness (QED) is 0.902. The Kier molecular flexibility index (Phi) is 4.59. The van der Waals surface area contributed by atoms with Gasteiger partial charge in [0.2, 0.25) is 0 Å². The molecule has 1 N–H and O–H groups in total. The molecule has 0 aliphatic carbocycles. The first kappa shape index (κ1) is 14.1. The molecule has 1 aromatic rings. The van der Waals surface area contributed by atoms with Crippen LogP contribution in [0.15, 0.2) is 18.2 Å². The molecule has 0 radical (unpaired) electrons. The lowest BCUT2D eigenvalue weighted by atomic mass is 9.94. The van der Waals surface area contributed by atoms with E-state index in [-0.39, 0.29) is 5.91 Å². The molecule has 1 aliphatic heterocycles. The Morgan fingerprint density at radius 1 is 1.47 bits per heavy atom. The highest BCUT2D eigenvalue weighted by Crippen LogP contribution is 2.20. The number of carbonyl (C=O) groups is 1. The molecule has 0 saturated carbocycles. The van der Waals surface area contributed by atoms with E-state index in [0.29, 0.717) is 5.92 Å². The standard InChI is InChI=1S/C16H24N2O/c1-4-12(2)11-18(3)16(19)15-7-5-6-13-10-17-9-8-14(13)15/h5-7,12,17H,4,8-11H2,1-3H3. The van der Waals surface area contributed by atoms with Gasteiger partial charge in [-0.15, -0.1) is 0 Å². The summed E-state index contributed by atoms with van der Waals surface area (Å²) in [5, 5.41) is 3.35. The van der Waals surface area contributed by atoms with Crippen LogP contribution in [0.1, 0.15) is 41.8 Å². The van der Waals surface area contributed by atoms with Gasteiger partial charge in [0.05, 0.1) is 0 Å². The zero-order valence-corrected chi connectivity index (χ0v) is 12.2. The predicted molar refractivity (Wildman–Crippen MR) is 78.3 cm³/mol. The van der Waals surface area contributed by atoms with Crippen LogP contribution in [0.2, 0.25) is 0 Å². The lowest BCUT2D eigenvalue weighted by Gasteiger charge is -2.25. The largest absolute Gasteiger partial charge is 0.341 e. The predicted octanol–water partition coefficient (Wildman–Crippen LogP) is 2.45. The molecule has 3 nitrogen and oxygen atoms in total. The van der Waals surface area contributed by atoms with Gasteiger partial charge in [0.25, 0.3) is 5.91 Å². The minimum atomic E-state index is 0.166. The van der Waals surface area contributed by atoms with Gasteiger partial charge < -0.3 is 10.2 Å². The van der Waals surface area contributed by atoms with Gasteiger partial charge >= 0.3 is 0 Å². The van der Waals surface area contributed by atoms with E-state index in [2.05, 4.69) is 25.2 Å². The molecule has 0 spiro atoms. The van der Waals surface area contributed by atoms with Gasteiger partial charge in [-0.25, -0.2) is 0 Å². The topological polar surface area (TPSA) is 32.3 Å². The zero-order chi connectivity index (χ0) is 13.8. The number of benzene rings is 1. The third kappa shape index (κ3) is 3.16. The molecule has 104 valence electrons. The summed E-state index contributed by atoms with van der Waals surface area (Å²) in [6.07, 6.45) is 2.06. The monoisotopic (exact) mass is 260 g/mol. The summed E-state index contributed by atoms with van der Waals surface area (Å²) in [5.41, 5.74) is 3.40. The lowest BCUT2D eigenvalue weighted by Crippen LogP contribution is -2.33. The SMILES string of the molecule is CCC(C)CN(C)C(=O)c1cccc2c1CCNC2. The van der Waals surface area contributed by atoms with E-state index in [1.807, 2.05) is 24.1 Å². The van der Waals surface area contributed by atoms with Crippen molar-refractivity contribution in [3.63, 3.8) is 0 Å². The molecule has 1 aliphatic rings. The summed E-state index contributed by atoms with van der Waals surface area (Å²) in [6, 6.07) is 6.09. The fourth-order valence-corrected chi connectivity index (χ4v) is 2.62. The van der Waals surface area contributed by atoms with Gasteiger partial charge in [-0.1, -0.05) is 32.4 Å². The van der Waals surface area contributed by atoms with E-state index >= 15 is 0 Å². The van der Waals surface area contributed by atoms with Crippen molar-refractivity contribution in [3.05, 3.63) is 34.9 Å². The number of fused-ring (bicyclic) bond motifs is 1. The molecule has 0 bridgehead atoms. The number of amides is 1. The van der Waals surface area contributed by atoms with Crippen molar-refractivity contribution in [2.24, 2.45) is 5.92 Å². The Bertz CT molecular complexity index is 456. The van der Waals surface area contributed by atoms with Gasteiger partial charge in [0, 0.05) is 25.7 Å². The average molecular weight is 260 g/mol. The normalized spacial score (nSPS) is 15.7. The van der Waals surface area contributed by atoms with Crippen LogP contribution >= 0.6 is 0 Å². The van der Waals surface area contributed by atoms with Crippen LogP contribution in [0.5, 0.6) is 0 Å². The van der Waals surface area contributed by atoms with Crippen molar-refractivity contribution >= 4 is 5.91 Å². The second kappa shape index (κ2) is 6.20. The van der Waals surface area contributed by atoms with Crippen LogP contribution in [-0.2, 0) is 13.0 Å². The number of hydrogen-bond donors (Lipinski definition) is 1. The van der Waals surface area contributed by atoms with E-state index in [9.17, 15) is 4.79 Å². The summed E-state index contributed by atoms with van der Waals surface area (Å²) in [7, 11) is 1.91. The fraction of sp³-hybridized carbons (Fsp3) is 0.562. The van der Waals surface area contributed by atoms with Gasteiger partial charge in [-0.2, -0.15) is 0 Å². The maximum Gasteiger partial charge on any atom is 0.253 e. The summed E-state index contributed by atoms with van der Waals surface area (Å²) in [5.74, 6) is 0.717. The van der Waals surface area contributed by atoms with Crippen molar-refractivity contribution in [2.75, 3.05) is 20.1 Å². The molecule has 2 rings (SSSR count). The second-order valence-corrected chi connectivity index (χ2v) is 5.57. The molecule has 1 aromatic carbocycles. The molecule has 1 unspecified atom stereocenters. The summed E-state index contributed by atoms with van der Waals surface area (Å²) in [4.78, 5) is 14.4. The van der Waals surface area contributed by atoms with Crippen molar-refractivity contribution in [2.45, 2.75) is 33.2 Å². The Labute approximate surface area is 116 Å². The van der Waals surface area contributed by atoms with Crippen LogP contribution in [-0.4, -0.2) is 30.9 Å². The Balaban J connectivity index is 2.19. The summed E-state index contributed by atoms with van der Waals surface area (Å²) < 4.78 is 0. The van der Waals surface area contributed by atoms with E-state index in [1.165, 1.54) is 11.1 Å². The molecular formula is C16H24N2O. The maximum absolute atomic E-state index is 12.6. The third-order valence-electron chi connectivity index (χ3n) is 4.00. The van der Waals surface area contributed by atoms with E-state index in [0.717, 1.165) is 38.0 Å². The Morgan fingerprint density at radius 3 is 3.00 bits per heavy atom.